The quantitative estimate of drug-likeness (QED) is 0.695. The summed E-state index contributed by atoms with van der Waals surface area (Å²) in [4.78, 5) is 15.6. The van der Waals surface area contributed by atoms with Crippen LogP contribution in [-0.4, -0.2) is 64.2 Å². The second-order valence-corrected chi connectivity index (χ2v) is 8.18. The number of hydrogen-bond donors (Lipinski definition) is 3. The molecular formula is C16H24N4O4S. The van der Waals surface area contributed by atoms with Crippen LogP contribution in [0.5, 0.6) is 0 Å². The maximum absolute atomic E-state index is 12.3. The van der Waals surface area contributed by atoms with Gasteiger partial charge in [-0.2, -0.15) is 0 Å². The van der Waals surface area contributed by atoms with Gasteiger partial charge in [-0.15, -0.1) is 0 Å². The summed E-state index contributed by atoms with van der Waals surface area (Å²) in [7, 11) is -2.12. The van der Waals surface area contributed by atoms with E-state index in [-0.39, 0.29) is 16.5 Å². The smallest absolute Gasteiger partial charge is 0.335 e. The molecule has 138 valence electrons. The number of aromatic carboxylic acids is 1. The van der Waals surface area contributed by atoms with E-state index in [1.165, 1.54) is 6.07 Å². The Morgan fingerprint density at radius 2 is 1.96 bits per heavy atom. The second kappa shape index (κ2) is 6.91. The van der Waals surface area contributed by atoms with E-state index < -0.39 is 16.0 Å². The second-order valence-electron chi connectivity index (χ2n) is 6.65. The average Bonchev–Trinajstić information content (AvgIpc) is 3.07. The number of anilines is 1. The molecule has 0 aliphatic carbocycles. The molecule has 2 aliphatic heterocycles. The van der Waals surface area contributed by atoms with Gasteiger partial charge in [0.15, 0.2) is 0 Å². The first-order chi connectivity index (χ1) is 11.8. The number of benzene rings is 1. The number of primary sulfonamides is 1. The lowest BCUT2D eigenvalue weighted by Crippen LogP contribution is -2.45. The molecule has 0 saturated carbocycles. The molecule has 25 heavy (non-hydrogen) atoms. The third kappa shape index (κ3) is 3.64. The molecule has 8 nitrogen and oxygen atoms in total. The zero-order valence-electron chi connectivity index (χ0n) is 14.2. The zero-order valence-corrected chi connectivity index (χ0v) is 15.1. The van der Waals surface area contributed by atoms with Crippen molar-refractivity contribution in [3.05, 3.63) is 23.3 Å². The van der Waals surface area contributed by atoms with Gasteiger partial charge in [0, 0.05) is 44.0 Å². The fourth-order valence-corrected chi connectivity index (χ4v) is 4.49. The predicted octanol–water partition coefficient (Wildman–Crippen LogP) is 0.209. The Hall–Kier alpha value is -1.68. The Bertz CT molecular complexity index is 775. The molecule has 0 amide bonds. The van der Waals surface area contributed by atoms with Crippen molar-refractivity contribution >= 4 is 21.7 Å². The van der Waals surface area contributed by atoms with Crippen LogP contribution >= 0.6 is 0 Å². The number of sulfonamides is 1. The Balaban J connectivity index is 2.25. The van der Waals surface area contributed by atoms with Crippen LogP contribution in [0.3, 0.4) is 0 Å². The molecule has 2 aliphatic rings. The number of hydrogen-bond acceptors (Lipinski definition) is 6. The van der Waals surface area contributed by atoms with E-state index in [9.17, 15) is 18.3 Å². The SMILES string of the molecule is CN1CCNCC1c1c(N2CCCC2)cc(C(=O)O)cc1S(N)(=O)=O. The number of rotatable bonds is 4. The summed E-state index contributed by atoms with van der Waals surface area (Å²) in [6.45, 7) is 3.75. The van der Waals surface area contributed by atoms with E-state index in [4.69, 9.17) is 5.14 Å². The zero-order chi connectivity index (χ0) is 18.2. The summed E-state index contributed by atoms with van der Waals surface area (Å²) < 4.78 is 24.5. The van der Waals surface area contributed by atoms with E-state index in [1.807, 2.05) is 7.05 Å². The molecule has 2 saturated heterocycles. The minimum Gasteiger partial charge on any atom is -0.478 e. The molecule has 2 fully saturated rings. The molecular weight excluding hydrogens is 344 g/mol. The molecule has 9 heteroatoms. The molecule has 0 radical (unpaired) electrons. The first-order valence-electron chi connectivity index (χ1n) is 8.39. The number of carboxylic acids is 1. The molecule has 2 heterocycles. The van der Waals surface area contributed by atoms with Crippen molar-refractivity contribution < 1.29 is 18.3 Å². The number of nitrogens with one attached hydrogen (secondary N) is 1. The number of carboxylic acid groups (broad SMARTS) is 1. The highest BCUT2D eigenvalue weighted by Gasteiger charge is 2.32. The van der Waals surface area contributed by atoms with E-state index in [0.29, 0.717) is 17.8 Å². The van der Waals surface area contributed by atoms with Gasteiger partial charge in [0.05, 0.1) is 16.5 Å². The van der Waals surface area contributed by atoms with Gasteiger partial charge in [0.25, 0.3) is 0 Å². The van der Waals surface area contributed by atoms with Crippen molar-refractivity contribution in [1.29, 1.82) is 0 Å². The van der Waals surface area contributed by atoms with Crippen LogP contribution in [0.1, 0.15) is 34.8 Å². The monoisotopic (exact) mass is 368 g/mol. The van der Waals surface area contributed by atoms with Gasteiger partial charge in [-0.25, -0.2) is 18.4 Å². The Morgan fingerprint density at radius 3 is 2.52 bits per heavy atom. The van der Waals surface area contributed by atoms with Crippen molar-refractivity contribution in [3.8, 4) is 0 Å². The first kappa shape index (κ1) is 18.1. The lowest BCUT2D eigenvalue weighted by molar-refractivity contribution is 0.0696. The third-order valence-corrected chi connectivity index (χ3v) is 5.92. The van der Waals surface area contributed by atoms with Gasteiger partial charge in [-0.1, -0.05) is 0 Å². The molecule has 3 rings (SSSR count). The molecule has 1 aromatic rings. The maximum Gasteiger partial charge on any atom is 0.335 e. The van der Waals surface area contributed by atoms with Crippen molar-refractivity contribution in [2.45, 2.75) is 23.8 Å². The van der Waals surface area contributed by atoms with Crippen LogP contribution in [0.15, 0.2) is 17.0 Å². The first-order valence-corrected chi connectivity index (χ1v) is 9.93. The van der Waals surface area contributed by atoms with Crippen molar-refractivity contribution in [1.82, 2.24) is 10.2 Å². The topological polar surface area (TPSA) is 116 Å². The summed E-state index contributed by atoms with van der Waals surface area (Å²) in [5, 5.41) is 18.2. The fraction of sp³-hybridized carbons (Fsp3) is 0.562. The van der Waals surface area contributed by atoms with E-state index in [1.54, 1.807) is 6.07 Å². The number of carbonyl (C=O) groups is 1. The summed E-state index contributed by atoms with van der Waals surface area (Å²) in [6.07, 6.45) is 2.00. The third-order valence-electron chi connectivity index (χ3n) is 4.96. The number of nitrogens with two attached hydrogens (primary N) is 1. The van der Waals surface area contributed by atoms with Crippen LogP contribution in [-0.2, 0) is 10.0 Å². The van der Waals surface area contributed by atoms with Gasteiger partial charge in [-0.05, 0) is 32.0 Å². The van der Waals surface area contributed by atoms with Gasteiger partial charge in [0.1, 0.15) is 0 Å². The largest absolute Gasteiger partial charge is 0.478 e. The average molecular weight is 368 g/mol. The molecule has 1 unspecified atom stereocenters. The predicted molar refractivity (Wildman–Crippen MR) is 94.5 cm³/mol. The lowest BCUT2D eigenvalue weighted by atomic mass is 9.98. The van der Waals surface area contributed by atoms with Crippen molar-refractivity contribution in [2.75, 3.05) is 44.7 Å². The molecule has 1 atom stereocenters. The molecule has 0 spiro atoms. The van der Waals surface area contributed by atoms with Crippen LogP contribution in [0.2, 0.25) is 0 Å². The number of piperazine rings is 1. The highest BCUT2D eigenvalue weighted by Crippen LogP contribution is 2.38. The molecule has 4 N–H and O–H groups in total. The number of likely N-dealkylation sites (N-methyl/N-ethyl adjacent to an activating group) is 1. The van der Waals surface area contributed by atoms with Crippen LogP contribution in [0, 0.1) is 0 Å². The van der Waals surface area contributed by atoms with E-state index >= 15 is 0 Å². The maximum atomic E-state index is 12.3. The van der Waals surface area contributed by atoms with Gasteiger partial charge in [0.2, 0.25) is 10.0 Å². The Labute approximate surface area is 147 Å². The van der Waals surface area contributed by atoms with Crippen LogP contribution in [0.25, 0.3) is 0 Å². The fourth-order valence-electron chi connectivity index (χ4n) is 3.65. The van der Waals surface area contributed by atoms with Gasteiger partial charge < -0.3 is 15.3 Å². The van der Waals surface area contributed by atoms with Gasteiger partial charge >= 0.3 is 5.97 Å². The summed E-state index contributed by atoms with van der Waals surface area (Å²) >= 11 is 0. The van der Waals surface area contributed by atoms with Crippen molar-refractivity contribution in [2.24, 2.45) is 5.14 Å². The number of nitrogens with zero attached hydrogens (tertiary/aromatic N) is 2. The summed E-state index contributed by atoms with van der Waals surface area (Å²) in [5.74, 6) is -1.16. The summed E-state index contributed by atoms with van der Waals surface area (Å²) in [5.41, 5.74) is 1.21. The normalized spacial score (nSPS) is 22.3. The Morgan fingerprint density at radius 1 is 1.28 bits per heavy atom. The van der Waals surface area contributed by atoms with Crippen LogP contribution < -0.4 is 15.4 Å². The summed E-state index contributed by atoms with van der Waals surface area (Å²) in [6, 6.07) is 2.59. The minimum absolute atomic E-state index is 0.0545. The van der Waals surface area contributed by atoms with Crippen molar-refractivity contribution in [3.63, 3.8) is 0 Å². The Kier molecular flexibility index (Phi) is 5.01. The molecule has 0 bridgehead atoms. The van der Waals surface area contributed by atoms with E-state index in [0.717, 1.165) is 39.0 Å². The van der Waals surface area contributed by atoms with Crippen LogP contribution in [0.4, 0.5) is 5.69 Å². The standard InChI is InChI=1S/C16H24N4O4S/c1-19-7-4-18-10-13(19)15-12(20-5-2-3-6-20)8-11(16(21)22)9-14(15)25(17,23)24/h8-9,13,18H,2-7,10H2,1H3,(H,21,22)(H2,17,23,24). The minimum atomic E-state index is -4.06. The molecule has 1 aromatic carbocycles. The lowest BCUT2D eigenvalue weighted by Gasteiger charge is -2.37. The highest BCUT2D eigenvalue weighted by molar-refractivity contribution is 7.89. The molecule has 0 aromatic heterocycles. The van der Waals surface area contributed by atoms with E-state index in [2.05, 4.69) is 15.1 Å². The highest BCUT2D eigenvalue weighted by atomic mass is 32.2. The van der Waals surface area contributed by atoms with Gasteiger partial charge in [-0.3, -0.25) is 4.90 Å².